The summed E-state index contributed by atoms with van der Waals surface area (Å²) >= 11 is 0. The number of rotatable bonds is 4. The first-order chi connectivity index (χ1) is 14.8. The third-order valence-corrected chi connectivity index (χ3v) is 7.71. The minimum atomic E-state index is -3.61. The average molecular weight is 440 g/mol. The van der Waals surface area contributed by atoms with Crippen molar-refractivity contribution < 1.29 is 18.0 Å². The van der Waals surface area contributed by atoms with Crippen molar-refractivity contribution in [1.29, 1.82) is 0 Å². The molecule has 162 valence electrons. The zero-order valence-corrected chi connectivity index (χ0v) is 18.3. The van der Waals surface area contributed by atoms with Crippen molar-refractivity contribution in [3.8, 4) is 0 Å². The molecule has 31 heavy (non-hydrogen) atoms. The van der Waals surface area contributed by atoms with Crippen molar-refractivity contribution in [3.05, 3.63) is 71.8 Å². The van der Waals surface area contributed by atoms with Crippen LogP contribution in [0, 0.1) is 6.92 Å². The molecule has 1 fully saturated rings. The molecule has 2 heterocycles. The number of nitrogens with zero attached hydrogens (tertiary/aromatic N) is 3. The van der Waals surface area contributed by atoms with Gasteiger partial charge >= 0.3 is 0 Å². The number of aryl methyl sites for hydroxylation is 1. The van der Waals surface area contributed by atoms with E-state index in [-0.39, 0.29) is 36.3 Å². The van der Waals surface area contributed by atoms with Gasteiger partial charge < -0.3 is 4.90 Å². The van der Waals surface area contributed by atoms with Gasteiger partial charge in [-0.3, -0.25) is 14.5 Å². The number of carbonyl (C=O) groups is 2. The quantitative estimate of drug-likeness (QED) is 0.733. The molecule has 0 atom stereocenters. The Morgan fingerprint density at radius 3 is 2.32 bits per heavy atom. The third-order valence-electron chi connectivity index (χ3n) is 5.80. The van der Waals surface area contributed by atoms with Crippen LogP contribution in [-0.4, -0.2) is 67.1 Å². The van der Waals surface area contributed by atoms with Gasteiger partial charge in [-0.1, -0.05) is 42.5 Å². The Morgan fingerprint density at radius 1 is 0.968 bits per heavy atom. The van der Waals surface area contributed by atoms with Crippen molar-refractivity contribution in [2.45, 2.75) is 18.2 Å². The lowest BCUT2D eigenvalue weighted by Crippen LogP contribution is -2.42. The van der Waals surface area contributed by atoms with E-state index in [2.05, 4.69) is 6.58 Å². The maximum Gasteiger partial charge on any atom is 0.259 e. The number of hydrogen-bond donors (Lipinski definition) is 0. The fraction of sp³-hybridized carbons (Fsp3) is 0.304. The van der Waals surface area contributed by atoms with Gasteiger partial charge in [0.1, 0.15) is 6.54 Å². The molecule has 2 aliphatic heterocycles. The molecule has 2 aromatic rings. The number of hydrogen-bond acceptors (Lipinski definition) is 4. The topological polar surface area (TPSA) is 78.0 Å². The minimum absolute atomic E-state index is 0.100. The second-order valence-electron chi connectivity index (χ2n) is 7.84. The lowest BCUT2D eigenvalue weighted by atomic mass is 10.1. The number of sulfonamides is 1. The van der Waals surface area contributed by atoms with Crippen molar-refractivity contribution in [2.75, 3.05) is 32.7 Å². The second kappa shape index (κ2) is 8.28. The number of fused-ring (bicyclic) bond motifs is 1. The van der Waals surface area contributed by atoms with Gasteiger partial charge in [-0.2, -0.15) is 4.31 Å². The van der Waals surface area contributed by atoms with Crippen molar-refractivity contribution in [3.63, 3.8) is 0 Å². The van der Waals surface area contributed by atoms with Crippen molar-refractivity contribution in [1.82, 2.24) is 14.1 Å². The van der Waals surface area contributed by atoms with Gasteiger partial charge in [-0.15, -0.1) is 0 Å². The predicted octanol–water partition coefficient (Wildman–Crippen LogP) is 2.34. The summed E-state index contributed by atoms with van der Waals surface area (Å²) in [6.45, 7) is 7.08. The fourth-order valence-electron chi connectivity index (χ4n) is 3.98. The maximum absolute atomic E-state index is 13.0. The van der Waals surface area contributed by atoms with Gasteiger partial charge in [-0.05, 0) is 31.5 Å². The Bertz CT molecular complexity index is 1110. The summed E-state index contributed by atoms with van der Waals surface area (Å²) in [6.07, 6.45) is 0.534. The van der Waals surface area contributed by atoms with E-state index in [1.54, 1.807) is 41.3 Å². The van der Waals surface area contributed by atoms with Gasteiger partial charge in [-0.25, -0.2) is 8.42 Å². The number of benzene rings is 2. The van der Waals surface area contributed by atoms with Crippen LogP contribution in [0.25, 0.3) is 5.70 Å². The molecule has 7 nitrogen and oxygen atoms in total. The monoisotopic (exact) mass is 439 g/mol. The predicted molar refractivity (Wildman–Crippen MR) is 118 cm³/mol. The van der Waals surface area contributed by atoms with E-state index in [1.807, 2.05) is 19.1 Å². The van der Waals surface area contributed by atoms with Crippen LogP contribution in [-0.2, 0) is 14.8 Å². The highest BCUT2D eigenvalue weighted by molar-refractivity contribution is 7.89. The van der Waals surface area contributed by atoms with E-state index in [0.29, 0.717) is 30.8 Å². The summed E-state index contributed by atoms with van der Waals surface area (Å²) in [7, 11) is -3.61. The van der Waals surface area contributed by atoms with Gasteiger partial charge in [0.05, 0.1) is 4.90 Å². The van der Waals surface area contributed by atoms with Crippen molar-refractivity contribution in [2.24, 2.45) is 0 Å². The average Bonchev–Trinajstić information content (AvgIpc) is 2.94. The highest BCUT2D eigenvalue weighted by Gasteiger charge is 2.34. The SMILES string of the molecule is C=C1c2ccccc2C(=O)N1CC(=O)N1CCCN(S(=O)(=O)c2ccc(C)cc2)CC1. The van der Waals surface area contributed by atoms with Crippen LogP contribution >= 0.6 is 0 Å². The van der Waals surface area contributed by atoms with Gasteiger partial charge in [0.25, 0.3) is 5.91 Å². The molecule has 2 aliphatic rings. The van der Waals surface area contributed by atoms with Crippen LogP contribution in [0.15, 0.2) is 60.0 Å². The Morgan fingerprint density at radius 2 is 1.65 bits per heavy atom. The van der Waals surface area contributed by atoms with E-state index >= 15 is 0 Å². The molecular formula is C23H25N3O4S. The van der Waals surface area contributed by atoms with Gasteiger partial charge in [0.15, 0.2) is 0 Å². The summed E-state index contributed by atoms with van der Waals surface area (Å²) in [5, 5.41) is 0. The molecule has 0 aromatic heterocycles. The first kappa shape index (κ1) is 21.3. The highest BCUT2D eigenvalue weighted by atomic mass is 32.2. The van der Waals surface area contributed by atoms with E-state index < -0.39 is 10.0 Å². The van der Waals surface area contributed by atoms with Gasteiger partial charge in [0, 0.05) is 43.0 Å². The van der Waals surface area contributed by atoms with Crippen LogP contribution in [0.1, 0.15) is 27.9 Å². The molecular weight excluding hydrogens is 414 g/mol. The molecule has 2 aromatic carbocycles. The summed E-state index contributed by atoms with van der Waals surface area (Å²) in [4.78, 5) is 28.9. The van der Waals surface area contributed by atoms with Crippen LogP contribution in [0.3, 0.4) is 0 Å². The lowest BCUT2D eigenvalue weighted by molar-refractivity contribution is -0.131. The zero-order chi connectivity index (χ0) is 22.2. The molecule has 0 aliphatic carbocycles. The van der Waals surface area contributed by atoms with E-state index in [1.165, 1.54) is 9.21 Å². The van der Waals surface area contributed by atoms with Crippen LogP contribution in [0.2, 0.25) is 0 Å². The van der Waals surface area contributed by atoms with Crippen LogP contribution < -0.4 is 0 Å². The lowest BCUT2D eigenvalue weighted by Gasteiger charge is -2.25. The second-order valence-corrected chi connectivity index (χ2v) is 9.77. The fourth-order valence-corrected chi connectivity index (χ4v) is 5.45. The number of carbonyl (C=O) groups excluding carboxylic acids is 2. The first-order valence-electron chi connectivity index (χ1n) is 10.2. The normalized spacial score (nSPS) is 17.6. The molecule has 4 rings (SSSR count). The Labute approximate surface area is 182 Å². The summed E-state index contributed by atoms with van der Waals surface area (Å²) in [5.74, 6) is -0.441. The number of amides is 2. The van der Waals surface area contributed by atoms with E-state index in [0.717, 1.165) is 11.1 Å². The van der Waals surface area contributed by atoms with Gasteiger partial charge in [0.2, 0.25) is 15.9 Å². The maximum atomic E-state index is 13.0. The summed E-state index contributed by atoms with van der Waals surface area (Å²) in [5.41, 5.74) is 2.80. The molecule has 1 saturated heterocycles. The molecule has 0 bridgehead atoms. The Hall–Kier alpha value is -2.97. The van der Waals surface area contributed by atoms with Crippen molar-refractivity contribution >= 4 is 27.5 Å². The molecule has 0 N–H and O–H groups in total. The first-order valence-corrected chi connectivity index (χ1v) is 11.7. The molecule has 0 radical (unpaired) electrons. The summed E-state index contributed by atoms with van der Waals surface area (Å²) < 4.78 is 27.4. The highest BCUT2D eigenvalue weighted by Crippen LogP contribution is 2.31. The van der Waals surface area contributed by atoms with Crippen LogP contribution in [0.4, 0.5) is 0 Å². The Balaban J connectivity index is 1.42. The van der Waals surface area contributed by atoms with Crippen LogP contribution in [0.5, 0.6) is 0 Å². The molecule has 2 amide bonds. The smallest absolute Gasteiger partial charge is 0.259 e. The molecule has 0 saturated carbocycles. The minimum Gasteiger partial charge on any atom is -0.340 e. The molecule has 0 spiro atoms. The third kappa shape index (κ3) is 4.00. The Kier molecular flexibility index (Phi) is 5.68. The largest absolute Gasteiger partial charge is 0.340 e. The summed E-state index contributed by atoms with van der Waals surface area (Å²) in [6, 6.07) is 13.9. The van der Waals surface area contributed by atoms with E-state index in [9.17, 15) is 18.0 Å². The zero-order valence-electron chi connectivity index (χ0n) is 17.5. The molecule has 0 unspecified atom stereocenters. The molecule has 8 heteroatoms. The standard InChI is InChI=1S/C23H25N3O4S/c1-17-8-10-19(11-9-17)31(29,30)25-13-5-12-24(14-15-25)22(27)16-26-18(2)20-6-3-4-7-21(20)23(26)28/h3-4,6-11H,2,5,12-16H2,1H3. The van der Waals surface area contributed by atoms with E-state index in [4.69, 9.17) is 0 Å².